The van der Waals surface area contributed by atoms with Gasteiger partial charge >= 0.3 is 6.03 Å². The molecule has 8 heteroatoms. The van der Waals surface area contributed by atoms with Crippen molar-refractivity contribution >= 4 is 11.7 Å². The Labute approximate surface area is 150 Å². The number of fused-ring (bicyclic) bond motifs is 1. The van der Waals surface area contributed by atoms with Crippen LogP contribution in [-0.4, -0.2) is 37.4 Å². The van der Waals surface area contributed by atoms with Crippen molar-refractivity contribution in [1.29, 1.82) is 0 Å². The summed E-state index contributed by atoms with van der Waals surface area (Å²) in [4.78, 5) is 18.7. The monoisotopic (exact) mass is 352 g/mol. The van der Waals surface area contributed by atoms with Crippen molar-refractivity contribution in [2.24, 2.45) is 7.05 Å². The third kappa shape index (κ3) is 2.94. The summed E-state index contributed by atoms with van der Waals surface area (Å²) in [7, 11) is 1.90. The van der Waals surface area contributed by atoms with Gasteiger partial charge in [0.25, 0.3) is 5.89 Å². The van der Waals surface area contributed by atoms with Crippen molar-refractivity contribution in [3.8, 4) is 11.6 Å². The highest BCUT2D eigenvalue weighted by Gasteiger charge is 2.29. The second-order valence-electron chi connectivity index (χ2n) is 6.52. The number of anilines is 1. The van der Waals surface area contributed by atoms with Gasteiger partial charge in [0.05, 0.1) is 6.54 Å². The van der Waals surface area contributed by atoms with Gasteiger partial charge in [-0.2, -0.15) is 10.1 Å². The number of carbonyl (C=O) groups is 1. The number of benzene rings is 1. The Balaban J connectivity index is 1.58. The average molecular weight is 352 g/mol. The Kier molecular flexibility index (Phi) is 3.95. The molecule has 1 aromatic carbocycles. The van der Waals surface area contributed by atoms with Gasteiger partial charge in [0.15, 0.2) is 11.5 Å². The fourth-order valence-electron chi connectivity index (χ4n) is 3.26. The van der Waals surface area contributed by atoms with E-state index >= 15 is 0 Å². The molecular formula is C18H20N6O2. The van der Waals surface area contributed by atoms with Crippen molar-refractivity contribution in [2.75, 3.05) is 11.9 Å². The fraction of sp³-hybridized carbons (Fsp3) is 0.333. The van der Waals surface area contributed by atoms with E-state index < -0.39 is 0 Å². The number of aryl methyl sites for hydroxylation is 3. The Morgan fingerprint density at radius 3 is 2.88 bits per heavy atom. The van der Waals surface area contributed by atoms with Crippen molar-refractivity contribution < 1.29 is 9.32 Å². The van der Waals surface area contributed by atoms with Gasteiger partial charge in [-0.1, -0.05) is 17.3 Å². The lowest BCUT2D eigenvalue weighted by Crippen LogP contribution is -2.39. The number of aromatic nitrogens is 4. The Morgan fingerprint density at radius 2 is 2.15 bits per heavy atom. The third-order valence-corrected chi connectivity index (χ3v) is 4.53. The maximum Gasteiger partial charge on any atom is 0.322 e. The predicted molar refractivity (Wildman–Crippen MR) is 95.5 cm³/mol. The lowest BCUT2D eigenvalue weighted by atomic mass is 10.1. The summed E-state index contributed by atoms with van der Waals surface area (Å²) in [5.74, 6) is 0.949. The smallest absolute Gasteiger partial charge is 0.322 e. The van der Waals surface area contributed by atoms with Gasteiger partial charge in [0.1, 0.15) is 0 Å². The maximum absolute atomic E-state index is 12.7. The molecule has 0 bridgehead atoms. The number of nitrogens with one attached hydrogen (secondary N) is 1. The standard InChI is InChI=1S/C18H20N6O2/c1-11-5-4-6-13(9-11)20-18(25)24-8-7-15-14(10-24)16(21-23(15)3)17-19-12(2)22-26-17/h4-6,9H,7-8,10H2,1-3H3,(H,20,25). The van der Waals surface area contributed by atoms with E-state index in [-0.39, 0.29) is 6.03 Å². The molecule has 3 aromatic rings. The zero-order chi connectivity index (χ0) is 18.3. The molecule has 0 saturated heterocycles. The van der Waals surface area contributed by atoms with Crippen LogP contribution in [0.5, 0.6) is 0 Å². The molecular weight excluding hydrogens is 332 g/mol. The van der Waals surface area contributed by atoms with Crippen LogP contribution in [0.3, 0.4) is 0 Å². The van der Waals surface area contributed by atoms with Gasteiger partial charge in [-0.25, -0.2) is 4.79 Å². The van der Waals surface area contributed by atoms with Crippen LogP contribution in [0.2, 0.25) is 0 Å². The van der Waals surface area contributed by atoms with E-state index in [0.29, 0.717) is 30.5 Å². The van der Waals surface area contributed by atoms with Gasteiger partial charge < -0.3 is 14.7 Å². The van der Waals surface area contributed by atoms with E-state index in [2.05, 4.69) is 20.6 Å². The number of rotatable bonds is 2. The fourth-order valence-corrected chi connectivity index (χ4v) is 3.26. The lowest BCUT2D eigenvalue weighted by molar-refractivity contribution is 0.206. The van der Waals surface area contributed by atoms with E-state index in [1.165, 1.54) is 0 Å². The van der Waals surface area contributed by atoms with E-state index in [4.69, 9.17) is 4.52 Å². The quantitative estimate of drug-likeness (QED) is 0.766. The molecule has 2 amide bonds. The molecule has 1 aliphatic rings. The Hall–Kier alpha value is -3.16. The van der Waals surface area contributed by atoms with Crippen molar-refractivity contribution in [3.05, 3.63) is 46.9 Å². The van der Waals surface area contributed by atoms with Gasteiger partial charge in [-0.3, -0.25) is 4.68 Å². The number of hydrogen-bond donors (Lipinski definition) is 1. The van der Waals surface area contributed by atoms with E-state index in [1.54, 1.807) is 11.8 Å². The first-order valence-corrected chi connectivity index (χ1v) is 8.49. The van der Waals surface area contributed by atoms with Gasteiger partial charge in [-0.05, 0) is 31.5 Å². The molecule has 0 unspecified atom stereocenters. The van der Waals surface area contributed by atoms with Crippen molar-refractivity contribution in [2.45, 2.75) is 26.8 Å². The number of hydrogen-bond acceptors (Lipinski definition) is 5. The number of nitrogens with zero attached hydrogens (tertiary/aromatic N) is 5. The molecule has 0 atom stereocenters. The second kappa shape index (κ2) is 6.29. The van der Waals surface area contributed by atoms with E-state index in [9.17, 15) is 4.79 Å². The largest absolute Gasteiger partial charge is 0.332 e. The minimum atomic E-state index is -0.127. The summed E-state index contributed by atoms with van der Waals surface area (Å²) in [5.41, 5.74) is 4.60. The topological polar surface area (TPSA) is 89.1 Å². The summed E-state index contributed by atoms with van der Waals surface area (Å²) >= 11 is 0. The van der Waals surface area contributed by atoms with Crippen LogP contribution >= 0.6 is 0 Å². The first kappa shape index (κ1) is 16.3. The summed E-state index contributed by atoms with van der Waals surface area (Å²) in [6.07, 6.45) is 0.729. The van der Waals surface area contributed by atoms with Crippen LogP contribution in [-0.2, 0) is 20.0 Å². The maximum atomic E-state index is 12.7. The molecule has 0 saturated carbocycles. The molecule has 134 valence electrons. The number of carbonyl (C=O) groups excluding carboxylic acids is 1. The molecule has 0 spiro atoms. The Morgan fingerprint density at radius 1 is 1.31 bits per heavy atom. The summed E-state index contributed by atoms with van der Waals surface area (Å²) < 4.78 is 7.11. The molecule has 3 heterocycles. The van der Waals surface area contributed by atoms with Crippen LogP contribution in [0, 0.1) is 13.8 Å². The lowest BCUT2D eigenvalue weighted by Gasteiger charge is -2.27. The molecule has 8 nitrogen and oxygen atoms in total. The molecule has 4 rings (SSSR count). The molecule has 2 aromatic heterocycles. The highest BCUT2D eigenvalue weighted by atomic mass is 16.5. The SMILES string of the molecule is Cc1cccc(NC(=O)N2CCc3c(c(-c4nc(C)no4)nn3C)C2)c1. The molecule has 0 aliphatic carbocycles. The Bertz CT molecular complexity index is 974. The highest BCUT2D eigenvalue weighted by molar-refractivity contribution is 5.89. The van der Waals surface area contributed by atoms with Crippen LogP contribution in [0.4, 0.5) is 10.5 Å². The normalized spacial score (nSPS) is 13.6. The van der Waals surface area contributed by atoms with Crippen LogP contribution < -0.4 is 5.32 Å². The summed E-state index contributed by atoms with van der Waals surface area (Å²) in [6, 6.07) is 7.63. The van der Waals surface area contributed by atoms with Gasteiger partial charge in [-0.15, -0.1) is 0 Å². The van der Waals surface area contributed by atoms with Crippen LogP contribution in [0.25, 0.3) is 11.6 Å². The third-order valence-electron chi connectivity index (χ3n) is 4.53. The molecule has 1 N–H and O–H groups in total. The van der Waals surface area contributed by atoms with Gasteiger partial charge in [0.2, 0.25) is 0 Å². The number of urea groups is 1. The molecule has 0 fully saturated rings. The zero-order valence-corrected chi connectivity index (χ0v) is 15.0. The van der Waals surface area contributed by atoms with Crippen molar-refractivity contribution in [3.63, 3.8) is 0 Å². The molecule has 1 aliphatic heterocycles. The van der Waals surface area contributed by atoms with Crippen molar-refractivity contribution in [1.82, 2.24) is 24.8 Å². The van der Waals surface area contributed by atoms with Gasteiger partial charge in [0, 0.05) is 37.0 Å². The molecule has 0 radical (unpaired) electrons. The zero-order valence-electron chi connectivity index (χ0n) is 15.0. The van der Waals surface area contributed by atoms with E-state index in [0.717, 1.165) is 28.9 Å². The average Bonchev–Trinajstić information content (AvgIpc) is 3.18. The van der Waals surface area contributed by atoms with Crippen LogP contribution in [0.1, 0.15) is 22.6 Å². The first-order chi connectivity index (χ1) is 12.5. The van der Waals surface area contributed by atoms with Crippen LogP contribution in [0.15, 0.2) is 28.8 Å². The summed E-state index contributed by atoms with van der Waals surface area (Å²) in [6.45, 7) is 4.85. The first-order valence-electron chi connectivity index (χ1n) is 8.49. The number of amides is 2. The second-order valence-corrected chi connectivity index (χ2v) is 6.52. The summed E-state index contributed by atoms with van der Waals surface area (Å²) in [5, 5.41) is 11.3. The predicted octanol–water partition coefficient (Wildman–Crippen LogP) is 2.68. The highest BCUT2D eigenvalue weighted by Crippen LogP contribution is 2.29. The minimum absolute atomic E-state index is 0.127. The minimum Gasteiger partial charge on any atom is -0.332 e. The van der Waals surface area contributed by atoms with E-state index in [1.807, 2.05) is 42.9 Å². The molecule has 26 heavy (non-hydrogen) atoms.